The van der Waals surface area contributed by atoms with Crippen molar-refractivity contribution in [2.45, 2.75) is 6.61 Å². The lowest BCUT2D eigenvalue weighted by Gasteiger charge is -2.06. The van der Waals surface area contributed by atoms with E-state index in [4.69, 9.17) is 14.9 Å². The van der Waals surface area contributed by atoms with Gasteiger partial charge in [-0.2, -0.15) is 0 Å². The van der Waals surface area contributed by atoms with Gasteiger partial charge in [-0.1, -0.05) is 18.2 Å². The third kappa shape index (κ3) is 2.28. The number of benzene rings is 1. The number of aromatic nitrogens is 2. The van der Waals surface area contributed by atoms with Gasteiger partial charge in [0.1, 0.15) is 11.4 Å². The van der Waals surface area contributed by atoms with Gasteiger partial charge in [0.2, 0.25) is 0 Å². The van der Waals surface area contributed by atoms with E-state index in [2.05, 4.69) is 25.9 Å². The summed E-state index contributed by atoms with van der Waals surface area (Å²) in [5.41, 5.74) is 7.37. The van der Waals surface area contributed by atoms with Crippen LogP contribution in [0.3, 0.4) is 0 Å². The minimum atomic E-state index is 0.348. The van der Waals surface area contributed by atoms with E-state index in [1.807, 2.05) is 30.3 Å². The van der Waals surface area contributed by atoms with Crippen LogP contribution in [0.1, 0.15) is 5.69 Å². The molecule has 0 fully saturated rings. The van der Waals surface area contributed by atoms with Gasteiger partial charge in [-0.15, -0.1) is 0 Å². The van der Waals surface area contributed by atoms with Gasteiger partial charge in [0.25, 0.3) is 0 Å². The minimum Gasteiger partial charge on any atom is -0.453 e. The molecule has 2 heterocycles. The third-order valence-electron chi connectivity index (χ3n) is 2.87. The lowest BCUT2D eigenvalue weighted by molar-refractivity contribution is 0.181. The van der Waals surface area contributed by atoms with Crippen LogP contribution in [0, 0.1) is 0 Å². The lowest BCUT2D eigenvalue weighted by atomic mass is 10.2. The number of halogens is 1. The van der Waals surface area contributed by atoms with Crippen LogP contribution in [0.5, 0.6) is 0 Å². The van der Waals surface area contributed by atoms with Crippen molar-refractivity contribution in [2.24, 2.45) is 0 Å². The number of nitrogen functional groups attached to an aromatic ring is 1. The molecular formula is C14H12BrN3O2. The number of ether oxygens (including phenoxy) is 1. The second kappa shape index (κ2) is 5.22. The van der Waals surface area contributed by atoms with Crippen LogP contribution in [-0.2, 0) is 11.3 Å². The molecular weight excluding hydrogens is 322 g/mol. The zero-order valence-electron chi connectivity index (χ0n) is 10.8. The number of methoxy groups -OCH3 is 1. The van der Waals surface area contributed by atoms with Crippen molar-refractivity contribution in [3.8, 4) is 11.6 Å². The molecule has 0 aliphatic heterocycles. The molecule has 0 aliphatic rings. The van der Waals surface area contributed by atoms with Crippen molar-refractivity contribution in [2.75, 3.05) is 12.8 Å². The van der Waals surface area contributed by atoms with Crippen molar-refractivity contribution in [3.05, 3.63) is 40.5 Å². The maximum atomic E-state index is 5.89. The zero-order valence-corrected chi connectivity index (χ0v) is 12.3. The van der Waals surface area contributed by atoms with Gasteiger partial charge in [-0.25, -0.2) is 9.97 Å². The summed E-state index contributed by atoms with van der Waals surface area (Å²) in [4.78, 5) is 8.68. The first-order valence-electron chi connectivity index (χ1n) is 5.99. The summed E-state index contributed by atoms with van der Waals surface area (Å²) in [5.74, 6) is 1.40. The summed E-state index contributed by atoms with van der Waals surface area (Å²) < 4.78 is 11.5. The standard InChI is InChI=1S/C14H12BrN3O2/c1-19-7-9-12(15)13(16)18-14(17-9)11-6-8-4-2-3-5-10(8)20-11/h2-6H,7H2,1H3,(H2,16,17,18). The first-order valence-corrected chi connectivity index (χ1v) is 6.78. The topological polar surface area (TPSA) is 74.2 Å². The molecule has 20 heavy (non-hydrogen) atoms. The van der Waals surface area contributed by atoms with Gasteiger partial charge < -0.3 is 14.9 Å². The Morgan fingerprint density at radius 1 is 1.30 bits per heavy atom. The number of furan rings is 1. The number of hydrogen-bond acceptors (Lipinski definition) is 5. The highest BCUT2D eigenvalue weighted by molar-refractivity contribution is 9.10. The van der Waals surface area contributed by atoms with Gasteiger partial charge in [0.05, 0.1) is 16.8 Å². The number of nitrogens with two attached hydrogens (primary N) is 1. The number of para-hydroxylation sites is 1. The molecule has 1 aromatic carbocycles. The van der Waals surface area contributed by atoms with Crippen molar-refractivity contribution in [3.63, 3.8) is 0 Å². The van der Waals surface area contributed by atoms with E-state index in [1.165, 1.54) is 0 Å². The van der Waals surface area contributed by atoms with Crippen LogP contribution < -0.4 is 5.73 Å². The minimum absolute atomic E-state index is 0.348. The summed E-state index contributed by atoms with van der Waals surface area (Å²) in [7, 11) is 1.60. The first-order chi connectivity index (χ1) is 9.69. The smallest absolute Gasteiger partial charge is 0.198 e. The molecule has 0 aliphatic carbocycles. The Morgan fingerprint density at radius 2 is 2.10 bits per heavy atom. The van der Waals surface area contributed by atoms with Crippen molar-refractivity contribution in [1.29, 1.82) is 0 Å². The number of hydrogen-bond donors (Lipinski definition) is 1. The van der Waals surface area contributed by atoms with Crippen molar-refractivity contribution < 1.29 is 9.15 Å². The molecule has 2 N–H and O–H groups in total. The molecule has 0 bridgehead atoms. The molecule has 3 aromatic rings. The summed E-state index contributed by atoms with van der Waals surface area (Å²) in [6.07, 6.45) is 0. The summed E-state index contributed by atoms with van der Waals surface area (Å²) in [6, 6.07) is 9.64. The molecule has 2 aromatic heterocycles. The summed E-state index contributed by atoms with van der Waals surface area (Å²) >= 11 is 3.36. The molecule has 6 heteroatoms. The van der Waals surface area contributed by atoms with Crippen LogP contribution >= 0.6 is 15.9 Å². The molecule has 0 radical (unpaired) electrons. The molecule has 5 nitrogen and oxygen atoms in total. The Balaban J connectivity index is 2.13. The Hall–Kier alpha value is -1.92. The summed E-state index contributed by atoms with van der Waals surface area (Å²) in [6.45, 7) is 0.348. The Kier molecular flexibility index (Phi) is 3.42. The highest BCUT2D eigenvalue weighted by Crippen LogP contribution is 2.29. The molecule has 0 spiro atoms. The molecule has 0 atom stereocenters. The number of rotatable bonds is 3. The van der Waals surface area contributed by atoms with E-state index in [0.717, 1.165) is 11.0 Å². The van der Waals surface area contributed by atoms with Crippen LogP contribution in [0.25, 0.3) is 22.6 Å². The van der Waals surface area contributed by atoms with Crippen LogP contribution in [0.4, 0.5) is 5.82 Å². The monoisotopic (exact) mass is 333 g/mol. The van der Waals surface area contributed by atoms with Crippen LogP contribution in [-0.4, -0.2) is 17.1 Å². The number of nitrogens with zero attached hydrogens (tertiary/aromatic N) is 2. The van der Waals surface area contributed by atoms with Gasteiger partial charge in [0, 0.05) is 12.5 Å². The molecule has 0 saturated carbocycles. The average Bonchev–Trinajstić information content (AvgIpc) is 2.87. The second-order valence-corrected chi connectivity index (χ2v) is 5.07. The van der Waals surface area contributed by atoms with Gasteiger partial charge in [0.15, 0.2) is 11.6 Å². The molecule has 0 unspecified atom stereocenters. The Labute approximate surface area is 123 Å². The van der Waals surface area contributed by atoms with Crippen LogP contribution in [0.15, 0.2) is 39.2 Å². The highest BCUT2D eigenvalue weighted by atomic mass is 79.9. The lowest BCUT2D eigenvalue weighted by Crippen LogP contribution is -2.03. The van der Waals surface area contributed by atoms with E-state index in [1.54, 1.807) is 7.11 Å². The first kappa shape index (κ1) is 13.1. The van der Waals surface area contributed by atoms with E-state index in [0.29, 0.717) is 34.2 Å². The maximum Gasteiger partial charge on any atom is 0.198 e. The van der Waals surface area contributed by atoms with E-state index >= 15 is 0 Å². The predicted molar refractivity (Wildman–Crippen MR) is 80.1 cm³/mol. The molecule has 0 amide bonds. The zero-order chi connectivity index (χ0) is 14.1. The van der Waals surface area contributed by atoms with E-state index in [9.17, 15) is 0 Å². The Morgan fingerprint density at radius 3 is 2.85 bits per heavy atom. The number of anilines is 1. The fraction of sp³-hybridized carbons (Fsp3) is 0.143. The van der Waals surface area contributed by atoms with Crippen LogP contribution in [0.2, 0.25) is 0 Å². The fourth-order valence-corrected chi connectivity index (χ4v) is 2.24. The second-order valence-electron chi connectivity index (χ2n) is 4.27. The number of fused-ring (bicyclic) bond motifs is 1. The van der Waals surface area contributed by atoms with Gasteiger partial charge >= 0.3 is 0 Å². The van der Waals surface area contributed by atoms with E-state index in [-0.39, 0.29) is 0 Å². The Bertz CT molecular complexity index is 737. The quantitative estimate of drug-likeness (QED) is 0.795. The molecule has 3 rings (SSSR count). The van der Waals surface area contributed by atoms with E-state index < -0.39 is 0 Å². The molecule has 102 valence electrons. The van der Waals surface area contributed by atoms with Gasteiger partial charge in [-0.05, 0) is 28.1 Å². The maximum absolute atomic E-state index is 5.89. The summed E-state index contributed by atoms with van der Waals surface area (Å²) in [5, 5.41) is 1.00. The third-order valence-corrected chi connectivity index (χ3v) is 3.74. The highest BCUT2D eigenvalue weighted by Gasteiger charge is 2.14. The van der Waals surface area contributed by atoms with Gasteiger partial charge in [-0.3, -0.25) is 0 Å². The van der Waals surface area contributed by atoms with Crippen molar-refractivity contribution >= 4 is 32.7 Å². The molecule has 0 saturated heterocycles. The predicted octanol–water partition coefficient (Wildman–Crippen LogP) is 3.38. The normalized spacial score (nSPS) is 11.1. The fourth-order valence-electron chi connectivity index (χ4n) is 1.95. The SMILES string of the molecule is COCc1nc(-c2cc3ccccc3o2)nc(N)c1Br. The van der Waals surface area contributed by atoms with Crippen molar-refractivity contribution in [1.82, 2.24) is 9.97 Å². The average molecular weight is 334 g/mol. The largest absolute Gasteiger partial charge is 0.453 e.